The summed E-state index contributed by atoms with van der Waals surface area (Å²) in [7, 11) is 0. The zero-order valence-corrected chi connectivity index (χ0v) is 15.2. The van der Waals surface area contributed by atoms with Gasteiger partial charge < -0.3 is 16.0 Å². The summed E-state index contributed by atoms with van der Waals surface area (Å²) in [5.74, 6) is -0.192. The Bertz CT molecular complexity index is 917. The summed E-state index contributed by atoms with van der Waals surface area (Å²) in [6.07, 6.45) is 0. The van der Waals surface area contributed by atoms with E-state index in [4.69, 9.17) is 0 Å². The standard InChI is InChI=1S/C19H18N4O2S/c1-12(24)20-15-5-3-14(4-6-15)18-11-26-19(23-18)22-17-9-7-16(8-10-17)21-13(2)25/h3-11H,1-2H3,(H,20,24)(H,21,25)(H,22,23). The first-order chi connectivity index (χ1) is 12.5. The number of rotatable bonds is 5. The lowest BCUT2D eigenvalue weighted by Gasteiger charge is -2.05. The molecule has 0 radical (unpaired) electrons. The number of benzene rings is 2. The van der Waals surface area contributed by atoms with Crippen molar-refractivity contribution in [1.29, 1.82) is 0 Å². The van der Waals surface area contributed by atoms with Gasteiger partial charge in [0.25, 0.3) is 0 Å². The van der Waals surface area contributed by atoms with Gasteiger partial charge in [-0.05, 0) is 36.4 Å². The minimum atomic E-state index is -0.0974. The van der Waals surface area contributed by atoms with Crippen molar-refractivity contribution < 1.29 is 9.59 Å². The number of hydrogen-bond donors (Lipinski definition) is 3. The van der Waals surface area contributed by atoms with E-state index in [0.717, 1.165) is 33.5 Å². The fraction of sp³-hybridized carbons (Fsp3) is 0.105. The van der Waals surface area contributed by atoms with Crippen LogP contribution in [0.5, 0.6) is 0 Å². The molecule has 1 aromatic heterocycles. The monoisotopic (exact) mass is 366 g/mol. The average Bonchev–Trinajstić information content (AvgIpc) is 3.05. The zero-order chi connectivity index (χ0) is 18.5. The van der Waals surface area contributed by atoms with Crippen LogP contribution in [-0.4, -0.2) is 16.8 Å². The topological polar surface area (TPSA) is 83.1 Å². The van der Waals surface area contributed by atoms with Gasteiger partial charge in [-0.25, -0.2) is 4.98 Å². The predicted octanol–water partition coefficient (Wildman–Crippen LogP) is 4.47. The van der Waals surface area contributed by atoms with Crippen LogP contribution in [0.15, 0.2) is 53.9 Å². The normalized spacial score (nSPS) is 10.2. The second-order valence-electron chi connectivity index (χ2n) is 5.68. The summed E-state index contributed by atoms with van der Waals surface area (Å²) >= 11 is 1.51. The van der Waals surface area contributed by atoms with E-state index < -0.39 is 0 Å². The average molecular weight is 366 g/mol. The third-order valence-corrected chi connectivity index (χ3v) is 4.22. The fourth-order valence-corrected chi connectivity index (χ4v) is 3.09. The molecule has 3 aromatic rings. The van der Waals surface area contributed by atoms with Crippen LogP contribution in [0.2, 0.25) is 0 Å². The highest BCUT2D eigenvalue weighted by Crippen LogP contribution is 2.28. The van der Waals surface area contributed by atoms with Crippen LogP contribution in [-0.2, 0) is 9.59 Å². The van der Waals surface area contributed by atoms with Crippen LogP contribution >= 0.6 is 11.3 Å². The molecule has 2 aromatic carbocycles. The van der Waals surface area contributed by atoms with Gasteiger partial charge in [0, 0.05) is 41.9 Å². The summed E-state index contributed by atoms with van der Waals surface area (Å²) in [4.78, 5) is 26.7. The molecule has 0 unspecified atom stereocenters. The van der Waals surface area contributed by atoms with E-state index in [1.807, 2.05) is 53.9 Å². The van der Waals surface area contributed by atoms with Crippen molar-refractivity contribution in [1.82, 2.24) is 4.98 Å². The van der Waals surface area contributed by atoms with E-state index in [2.05, 4.69) is 20.9 Å². The minimum absolute atomic E-state index is 0.0950. The van der Waals surface area contributed by atoms with Gasteiger partial charge in [0.2, 0.25) is 11.8 Å². The van der Waals surface area contributed by atoms with E-state index in [1.165, 1.54) is 25.2 Å². The van der Waals surface area contributed by atoms with Gasteiger partial charge in [0.05, 0.1) is 5.69 Å². The molecule has 0 aliphatic heterocycles. The van der Waals surface area contributed by atoms with Crippen LogP contribution in [0.4, 0.5) is 22.2 Å². The van der Waals surface area contributed by atoms with Gasteiger partial charge in [0.1, 0.15) is 0 Å². The molecule has 0 spiro atoms. The molecular weight excluding hydrogens is 348 g/mol. The summed E-state index contributed by atoms with van der Waals surface area (Å²) in [5.41, 5.74) is 4.24. The largest absolute Gasteiger partial charge is 0.332 e. The molecule has 3 rings (SSSR count). The van der Waals surface area contributed by atoms with E-state index >= 15 is 0 Å². The van der Waals surface area contributed by atoms with Crippen LogP contribution < -0.4 is 16.0 Å². The van der Waals surface area contributed by atoms with Crippen molar-refractivity contribution in [3.63, 3.8) is 0 Å². The van der Waals surface area contributed by atoms with Crippen molar-refractivity contribution in [2.75, 3.05) is 16.0 Å². The Labute approximate surface area is 155 Å². The molecule has 0 bridgehead atoms. The first-order valence-corrected chi connectivity index (χ1v) is 8.86. The number of nitrogens with one attached hydrogen (secondary N) is 3. The Hall–Kier alpha value is -3.19. The molecule has 132 valence electrons. The highest BCUT2D eigenvalue weighted by Gasteiger charge is 2.06. The maximum Gasteiger partial charge on any atom is 0.221 e. The summed E-state index contributed by atoms with van der Waals surface area (Å²) in [6.45, 7) is 2.96. The number of anilines is 4. The van der Waals surface area contributed by atoms with Crippen LogP contribution in [0.25, 0.3) is 11.3 Å². The van der Waals surface area contributed by atoms with E-state index in [9.17, 15) is 9.59 Å². The number of carbonyl (C=O) groups excluding carboxylic acids is 2. The second-order valence-corrected chi connectivity index (χ2v) is 6.54. The number of nitrogens with zero attached hydrogens (tertiary/aromatic N) is 1. The second kappa shape index (κ2) is 7.79. The number of hydrogen-bond acceptors (Lipinski definition) is 5. The first kappa shape index (κ1) is 17.6. The summed E-state index contributed by atoms with van der Waals surface area (Å²) in [5, 5.41) is 11.5. The fourth-order valence-electron chi connectivity index (χ4n) is 2.35. The van der Waals surface area contributed by atoms with Crippen molar-refractivity contribution >= 4 is 45.3 Å². The highest BCUT2D eigenvalue weighted by molar-refractivity contribution is 7.14. The molecule has 1 heterocycles. The SMILES string of the molecule is CC(=O)Nc1ccc(Nc2nc(-c3ccc(NC(C)=O)cc3)cs2)cc1. The van der Waals surface area contributed by atoms with E-state index in [1.54, 1.807) is 0 Å². The molecule has 0 saturated carbocycles. The van der Waals surface area contributed by atoms with E-state index in [-0.39, 0.29) is 11.8 Å². The van der Waals surface area contributed by atoms with Gasteiger partial charge in [-0.1, -0.05) is 12.1 Å². The molecule has 6 nitrogen and oxygen atoms in total. The lowest BCUT2D eigenvalue weighted by molar-refractivity contribution is -0.115. The molecule has 7 heteroatoms. The van der Waals surface area contributed by atoms with Gasteiger partial charge in [0.15, 0.2) is 5.13 Å². The van der Waals surface area contributed by atoms with Gasteiger partial charge in [-0.2, -0.15) is 0 Å². The summed E-state index contributed by atoms with van der Waals surface area (Å²) in [6, 6.07) is 15.0. The molecule has 2 amide bonds. The number of aromatic nitrogens is 1. The molecular formula is C19H18N4O2S. The van der Waals surface area contributed by atoms with Gasteiger partial charge in [-0.15, -0.1) is 11.3 Å². The Morgan fingerprint density at radius 2 is 1.31 bits per heavy atom. The first-order valence-electron chi connectivity index (χ1n) is 7.98. The third-order valence-electron chi connectivity index (χ3n) is 3.46. The van der Waals surface area contributed by atoms with Crippen molar-refractivity contribution in [3.8, 4) is 11.3 Å². The Morgan fingerprint density at radius 3 is 1.85 bits per heavy atom. The van der Waals surface area contributed by atoms with E-state index in [0.29, 0.717) is 0 Å². The Kier molecular flexibility index (Phi) is 5.28. The predicted molar refractivity (Wildman–Crippen MR) is 106 cm³/mol. The van der Waals surface area contributed by atoms with Gasteiger partial charge in [-0.3, -0.25) is 9.59 Å². The molecule has 0 aliphatic rings. The van der Waals surface area contributed by atoms with Crippen LogP contribution in [0.3, 0.4) is 0 Å². The van der Waals surface area contributed by atoms with Crippen LogP contribution in [0.1, 0.15) is 13.8 Å². The Morgan fingerprint density at radius 1 is 0.808 bits per heavy atom. The molecule has 0 saturated heterocycles. The smallest absolute Gasteiger partial charge is 0.221 e. The molecule has 3 N–H and O–H groups in total. The molecule has 0 fully saturated rings. The van der Waals surface area contributed by atoms with Crippen molar-refractivity contribution in [3.05, 3.63) is 53.9 Å². The number of thiazole rings is 1. The lowest BCUT2D eigenvalue weighted by Crippen LogP contribution is -2.05. The molecule has 0 atom stereocenters. The van der Waals surface area contributed by atoms with Crippen LogP contribution in [0, 0.1) is 0 Å². The number of amides is 2. The van der Waals surface area contributed by atoms with Crippen molar-refractivity contribution in [2.45, 2.75) is 13.8 Å². The minimum Gasteiger partial charge on any atom is -0.332 e. The maximum absolute atomic E-state index is 11.1. The quantitative estimate of drug-likeness (QED) is 0.622. The Balaban J connectivity index is 1.67. The van der Waals surface area contributed by atoms with Gasteiger partial charge >= 0.3 is 0 Å². The third kappa shape index (κ3) is 4.67. The summed E-state index contributed by atoms with van der Waals surface area (Å²) < 4.78 is 0. The maximum atomic E-state index is 11.1. The molecule has 0 aliphatic carbocycles. The highest BCUT2D eigenvalue weighted by atomic mass is 32.1. The molecule has 26 heavy (non-hydrogen) atoms. The lowest BCUT2D eigenvalue weighted by atomic mass is 10.1. The van der Waals surface area contributed by atoms with Crippen molar-refractivity contribution in [2.24, 2.45) is 0 Å². The number of carbonyl (C=O) groups is 2. The zero-order valence-electron chi connectivity index (χ0n) is 14.4.